The van der Waals surface area contributed by atoms with Crippen molar-refractivity contribution in [2.45, 2.75) is 6.92 Å². The van der Waals surface area contributed by atoms with Gasteiger partial charge < -0.3 is 15.7 Å². The predicted molar refractivity (Wildman–Crippen MR) is 109 cm³/mol. The van der Waals surface area contributed by atoms with Crippen molar-refractivity contribution in [1.82, 2.24) is 9.97 Å². The molecule has 0 fully saturated rings. The summed E-state index contributed by atoms with van der Waals surface area (Å²) in [5.41, 5.74) is 4.81. The van der Waals surface area contributed by atoms with Crippen molar-refractivity contribution < 1.29 is 5.11 Å². The molecule has 0 amide bonds. The molecule has 26 heavy (non-hydrogen) atoms. The zero-order chi connectivity index (χ0) is 18.4. The molecule has 0 aliphatic carbocycles. The van der Waals surface area contributed by atoms with Gasteiger partial charge in [0.1, 0.15) is 0 Å². The predicted octanol–water partition coefficient (Wildman–Crippen LogP) is 4.37. The molecule has 0 spiro atoms. The first kappa shape index (κ1) is 17.6. The highest BCUT2D eigenvalue weighted by Crippen LogP contribution is 2.25. The Hall–Kier alpha value is -3.18. The van der Waals surface area contributed by atoms with Gasteiger partial charge in [-0.1, -0.05) is 36.9 Å². The van der Waals surface area contributed by atoms with Gasteiger partial charge in [-0.05, 0) is 36.8 Å². The van der Waals surface area contributed by atoms with Gasteiger partial charge in [0.15, 0.2) is 0 Å². The van der Waals surface area contributed by atoms with E-state index in [4.69, 9.17) is 10.1 Å². The number of hydrogen-bond acceptors (Lipinski definition) is 5. The molecule has 3 aromatic rings. The van der Waals surface area contributed by atoms with E-state index in [0.29, 0.717) is 12.5 Å². The van der Waals surface area contributed by atoms with E-state index in [-0.39, 0.29) is 6.61 Å². The summed E-state index contributed by atoms with van der Waals surface area (Å²) in [6.45, 7) is 6.51. The third kappa shape index (κ3) is 3.90. The van der Waals surface area contributed by atoms with Gasteiger partial charge in [-0.3, -0.25) is 0 Å². The van der Waals surface area contributed by atoms with Crippen LogP contribution in [0.15, 0.2) is 67.4 Å². The van der Waals surface area contributed by atoms with Gasteiger partial charge in [0.25, 0.3) is 0 Å². The first-order valence-electron chi connectivity index (χ1n) is 8.52. The molecule has 5 heteroatoms. The standard InChI is InChI=1S/C21H22N4O/c1-3-15(4-2)19-7-5-6-16-14-23-21(25-20(16)19)24-18-10-8-17(9-11-18)22-12-13-26/h3-11,14,22,26H,1,12-13H2,2H3,(H,23,24,25). The highest BCUT2D eigenvalue weighted by atomic mass is 16.3. The number of anilines is 3. The summed E-state index contributed by atoms with van der Waals surface area (Å²) in [5.74, 6) is 0.542. The second kappa shape index (κ2) is 8.27. The third-order valence-electron chi connectivity index (χ3n) is 4.03. The molecule has 3 rings (SSSR count). The Morgan fingerprint density at radius 3 is 2.62 bits per heavy atom. The van der Waals surface area contributed by atoms with Gasteiger partial charge in [0.05, 0.1) is 12.1 Å². The Bertz CT molecular complexity index is 932. The molecule has 0 saturated heterocycles. The first-order valence-corrected chi connectivity index (χ1v) is 8.52. The van der Waals surface area contributed by atoms with E-state index in [9.17, 15) is 0 Å². The zero-order valence-corrected chi connectivity index (χ0v) is 14.7. The van der Waals surface area contributed by atoms with Gasteiger partial charge in [-0.2, -0.15) is 0 Å². The first-order chi connectivity index (χ1) is 12.7. The summed E-state index contributed by atoms with van der Waals surface area (Å²) in [7, 11) is 0. The molecule has 0 unspecified atom stereocenters. The fourth-order valence-corrected chi connectivity index (χ4v) is 2.73. The molecule has 0 radical (unpaired) electrons. The summed E-state index contributed by atoms with van der Waals surface area (Å²) in [4.78, 5) is 9.11. The van der Waals surface area contributed by atoms with Crippen LogP contribution in [0.25, 0.3) is 16.5 Å². The molecular weight excluding hydrogens is 324 g/mol. The van der Waals surface area contributed by atoms with E-state index in [0.717, 1.165) is 33.4 Å². The molecule has 0 atom stereocenters. The Morgan fingerprint density at radius 1 is 1.15 bits per heavy atom. The van der Waals surface area contributed by atoms with Crippen LogP contribution in [-0.2, 0) is 0 Å². The van der Waals surface area contributed by atoms with E-state index in [2.05, 4.69) is 22.2 Å². The Kier molecular flexibility index (Phi) is 5.61. The number of nitrogens with one attached hydrogen (secondary N) is 2. The van der Waals surface area contributed by atoms with Crippen LogP contribution in [0.4, 0.5) is 17.3 Å². The maximum atomic E-state index is 8.86. The number of fused-ring (bicyclic) bond motifs is 1. The molecule has 5 nitrogen and oxygen atoms in total. The summed E-state index contributed by atoms with van der Waals surface area (Å²) >= 11 is 0. The van der Waals surface area contributed by atoms with Crippen LogP contribution in [-0.4, -0.2) is 28.2 Å². The average Bonchev–Trinajstić information content (AvgIpc) is 2.68. The minimum absolute atomic E-state index is 0.103. The summed E-state index contributed by atoms with van der Waals surface area (Å²) in [6, 6.07) is 13.8. The fraction of sp³-hybridized carbons (Fsp3) is 0.143. The fourth-order valence-electron chi connectivity index (χ4n) is 2.73. The minimum Gasteiger partial charge on any atom is -0.395 e. The van der Waals surface area contributed by atoms with E-state index >= 15 is 0 Å². The van der Waals surface area contributed by atoms with Gasteiger partial charge in [-0.25, -0.2) is 9.97 Å². The average molecular weight is 346 g/mol. The number of para-hydroxylation sites is 1. The van der Waals surface area contributed by atoms with Gasteiger partial charge in [0, 0.05) is 35.1 Å². The lowest BCUT2D eigenvalue weighted by atomic mass is 10.0. The van der Waals surface area contributed by atoms with E-state index in [1.165, 1.54) is 0 Å². The molecule has 0 aliphatic heterocycles. The zero-order valence-electron chi connectivity index (χ0n) is 14.7. The number of aromatic nitrogens is 2. The number of nitrogens with zero attached hydrogens (tertiary/aromatic N) is 2. The van der Waals surface area contributed by atoms with Crippen molar-refractivity contribution in [3.63, 3.8) is 0 Å². The number of rotatable bonds is 7. The van der Waals surface area contributed by atoms with Crippen LogP contribution in [0.2, 0.25) is 0 Å². The van der Waals surface area contributed by atoms with Crippen molar-refractivity contribution in [3.8, 4) is 0 Å². The van der Waals surface area contributed by atoms with Crippen molar-refractivity contribution in [2.24, 2.45) is 0 Å². The summed E-state index contributed by atoms with van der Waals surface area (Å²) in [6.07, 6.45) is 5.68. The molecule has 0 saturated carbocycles. The van der Waals surface area contributed by atoms with E-state index in [1.807, 2.05) is 67.7 Å². The minimum atomic E-state index is 0.103. The van der Waals surface area contributed by atoms with Crippen LogP contribution >= 0.6 is 0 Å². The largest absolute Gasteiger partial charge is 0.395 e. The van der Waals surface area contributed by atoms with Crippen LogP contribution in [0, 0.1) is 0 Å². The van der Waals surface area contributed by atoms with Gasteiger partial charge >= 0.3 is 0 Å². The molecular formula is C21H22N4O. The Balaban J connectivity index is 1.89. The molecule has 1 aromatic heterocycles. The van der Waals surface area contributed by atoms with Crippen molar-refractivity contribution in [3.05, 3.63) is 73.0 Å². The highest BCUT2D eigenvalue weighted by Gasteiger charge is 2.07. The van der Waals surface area contributed by atoms with E-state index in [1.54, 1.807) is 0 Å². The van der Waals surface area contributed by atoms with Crippen LogP contribution in [0.3, 0.4) is 0 Å². The molecule has 132 valence electrons. The van der Waals surface area contributed by atoms with Crippen molar-refractivity contribution in [1.29, 1.82) is 0 Å². The van der Waals surface area contributed by atoms with Crippen LogP contribution in [0.5, 0.6) is 0 Å². The quantitative estimate of drug-likeness (QED) is 0.554. The summed E-state index contributed by atoms with van der Waals surface area (Å²) < 4.78 is 0. The highest BCUT2D eigenvalue weighted by molar-refractivity contribution is 5.93. The van der Waals surface area contributed by atoms with Crippen LogP contribution in [0.1, 0.15) is 12.5 Å². The normalized spacial score (nSPS) is 11.4. The number of hydrogen-bond donors (Lipinski definition) is 3. The molecule has 2 aromatic carbocycles. The number of benzene rings is 2. The smallest absolute Gasteiger partial charge is 0.227 e. The third-order valence-corrected chi connectivity index (χ3v) is 4.03. The lowest BCUT2D eigenvalue weighted by Gasteiger charge is -2.10. The summed E-state index contributed by atoms with van der Waals surface area (Å²) in [5, 5.41) is 16.2. The van der Waals surface area contributed by atoms with Gasteiger partial charge in [0.2, 0.25) is 5.95 Å². The second-order valence-corrected chi connectivity index (χ2v) is 5.74. The van der Waals surface area contributed by atoms with Crippen molar-refractivity contribution in [2.75, 3.05) is 23.8 Å². The Labute approximate surface area is 153 Å². The lowest BCUT2D eigenvalue weighted by molar-refractivity contribution is 0.311. The maximum absolute atomic E-state index is 8.86. The molecule has 3 N–H and O–H groups in total. The molecule has 0 aliphatic rings. The maximum Gasteiger partial charge on any atom is 0.227 e. The number of aliphatic hydroxyl groups excluding tert-OH is 1. The van der Waals surface area contributed by atoms with Gasteiger partial charge in [-0.15, -0.1) is 0 Å². The SMILES string of the molecule is C=CC(=CC)c1cccc2cnc(Nc3ccc(NCCO)cc3)nc12. The second-order valence-electron chi connectivity index (χ2n) is 5.74. The monoisotopic (exact) mass is 346 g/mol. The topological polar surface area (TPSA) is 70.1 Å². The lowest BCUT2D eigenvalue weighted by Crippen LogP contribution is -2.05. The van der Waals surface area contributed by atoms with Crippen molar-refractivity contribution >= 4 is 33.8 Å². The molecule has 1 heterocycles. The number of aliphatic hydroxyl groups is 1. The van der Waals surface area contributed by atoms with Crippen LogP contribution < -0.4 is 10.6 Å². The van der Waals surface area contributed by atoms with E-state index < -0.39 is 0 Å². The molecule has 0 bridgehead atoms. The Morgan fingerprint density at radius 2 is 1.92 bits per heavy atom. The number of allylic oxidation sites excluding steroid dienone is 3.